The number of likely N-dealkylation sites (tertiary alicyclic amines) is 2. The van der Waals surface area contributed by atoms with Gasteiger partial charge in [-0.2, -0.15) is 13.2 Å². The van der Waals surface area contributed by atoms with Crippen LogP contribution in [0.4, 0.5) is 18.0 Å². The summed E-state index contributed by atoms with van der Waals surface area (Å²) in [6.45, 7) is 11.3. The van der Waals surface area contributed by atoms with Gasteiger partial charge in [0.1, 0.15) is 5.60 Å². The summed E-state index contributed by atoms with van der Waals surface area (Å²) in [6, 6.07) is 10.8. The number of unbranched alkanes of at least 4 members (excludes halogenated alkanes) is 1. The number of alkyl halides is 3. The van der Waals surface area contributed by atoms with Crippen LogP contribution in [0.2, 0.25) is 0 Å². The van der Waals surface area contributed by atoms with Crippen molar-refractivity contribution in [3.8, 4) is 0 Å². The highest BCUT2D eigenvalue weighted by molar-refractivity contribution is 5.97. The Kier molecular flexibility index (Phi) is 11.2. The van der Waals surface area contributed by atoms with Crippen LogP contribution < -0.4 is 0 Å². The average molecular weight is 635 g/mol. The van der Waals surface area contributed by atoms with Gasteiger partial charge >= 0.3 is 18.2 Å². The molecule has 0 saturated carbocycles. The highest BCUT2D eigenvalue weighted by atomic mass is 19.4. The number of hydrogen-bond acceptors (Lipinski definition) is 5. The molecule has 1 unspecified atom stereocenters. The normalized spacial score (nSPS) is 20.6. The van der Waals surface area contributed by atoms with Crippen LogP contribution in [0, 0.1) is 13.8 Å². The van der Waals surface area contributed by atoms with Crippen LogP contribution in [-0.2, 0) is 16.1 Å². The molecule has 3 fully saturated rings. The smallest absolute Gasteiger partial charge is 0.475 e. The Morgan fingerprint density at radius 3 is 2.09 bits per heavy atom. The van der Waals surface area contributed by atoms with E-state index in [1.807, 2.05) is 54.0 Å². The first-order valence-corrected chi connectivity index (χ1v) is 15.9. The van der Waals surface area contributed by atoms with Crippen molar-refractivity contribution in [2.75, 3.05) is 32.7 Å². The van der Waals surface area contributed by atoms with Gasteiger partial charge in [-0.3, -0.25) is 14.6 Å². The summed E-state index contributed by atoms with van der Waals surface area (Å²) in [7, 11) is 0. The molecule has 4 heterocycles. The molecule has 2 aromatic rings. The summed E-state index contributed by atoms with van der Waals surface area (Å²) in [4.78, 5) is 41.9. The number of aliphatic carboxylic acids is 1. The number of piperidine rings is 2. The summed E-state index contributed by atoms with van der Waals surface area (Å²) < 4.78 is 40.1. The molecule has 3 aliphatic rings. The van der Waals surface area contributed by atoms with Gasteiger partial charge < -0.3 is 19.3 Å². The number of carbonyl (C=O) groups excluding carboxylic acids is 2. The van der Waals surface area contributed by atoms with Crippen molar-refractivity contribution in [3.05, 3.63) is 59.4 Å². The molecule has 1 aromatic heterocycles. The number of halogens is 3. The lowest BCUT2D eigenvalue weighted by molar-refractivity contribution is -0.192. The molecule has 1 atom stereocenters. The minimum Gasteiger partial charge on any atom is -0.475 e. The summed E-state index contributed by atoms with van der Waals surface area (Å²) in [5.74, 6) is -2.58. The van der Waals surface area contributed by atoms with E-state index in [4.69, 9.17) is 14.6 Å². The van der Waals surface area contributed by atoms with Crippen molar-refractivity contribution >= 4 is 18.0 Å². The number of carbonyl (C=O) groups is 3. The van der Waals surface area contributed by atoms with E-state index in [1.165, 1.54) is 0 Å². The third-order valence-corrected chi connectivity index (χ3v) is 9.45. The van der Waals surface area contributed by atoms with Crippen LogP contribution in [0.5, 0.6) is 0 Å². The van der Waals surface area contributed by atoms with Crippen LogP contribution in [0.25, 0.3) is 0 Å². The molecule has 3 saturated heterocycles. The lowest BCUT2D eigenvalue weighted by atomic mass is 9.81. The summed E-state index contributed by atoms with van der Waals surface area (Å²) >= 11 is 0. The van der Waals surface area contributed by atoms with E-state index < -0.39 is 12.1 Å². The zero-order valence-corrected chi connectivity index (χ0v) is 26.4. The standard InChI is InChI=1S/C31H44N4O3.C2HF3O2/c1-4-5-11-27-31(38-30(37)35(27)23-22-32-16-6-7-17-32)14-20-33(21-15-31)26-12-18-34(19-13-26)29(36)28-24(2)9-8-10-25(28)3;3-2(4,5)1(6)7/h6-10,16-17,26-27H,4-5,11-15,18-23H2,1-3H3;(H,6,7). The van der Waals surface area contributed by atoms with Gasteiger partial charge in [0.2, 0.25) is 0 Å². The summed E-state index contributed by atoms with van der Waals surface area (Å²) in [6.07, 6.45) is 5.94. The van der Waals surface area contributed by atoms with Gasteiger partial charge in [0.05, 0.1) is 6.04 Å². The predicted octanol–water partition coefficient (Wildman–Crippen LogP) is 5.89. The van der Waals surface area contributed by atoms with Crippen molar-refractivity contribution in [2.24, 2.45) is 0 Å². The molecule has 1 N–H and O–H groups in total. The first-order chi connectivity index (χ1) is 21.4. The lowest BCUT2D eigenvalue weighted by Gasteiger charge is -2.46. The Morgan fingerprint density at radius 2 is 1.56 bits per heavy atom. The SMILES string of the molecule is CCCCC1N(CCn2cccc2)C(=O)OC12CCN(C1CCN(C(=O)c3c(C)cccc3C)CC1)CC2.O=C(O)C(F)(F)F. The van der Waals surface area contributed by atoms with Crippen LogP contribution in [0.1, 0.15) is 73.4 Å². The fraction of sp³-hybridized carbons (Fsp3) is 0.606. The Hall–Kier alpha value is -3.54. The Bertz CT molecular complexity index is 1280. The van der Waals surface area contributed by atoms with Gasteiger partial charge in [-0.05, 0) is 56.4 Å². The molecule has 0 bridgehead atoms. The number of amides is 2. The minimum absolute atomic E-state index is 0.134. The highest BCUT2D eigenvalue weighted by Gasteiger charge is 2.54. The number of aryl methyl sites for hydroxylation is 2. The number of rotatable bonds is 8. The van der Waals surface area contributed by atoms with Gasteiger partial charge in [0, 0.05) is 76.1 Å². The van der Waals surface area contributed by atoms with Gasteiger partial charge in [0.15, 0.2) is 0 Å². The number of aromatic nitrogens is 1. The topological polar surface area (TPSA) is 95.3 Å². The van der Waals surface area contributed by atoms with Gasteiger partial charge in [-0.25, -0.2) is 9.59 Å². The van der Waals surface area contributed by atoms with Crippen molar-refractivity contribution in [3.63, 3.8) is 0 Å². The van der Waals surface area contributed by atoms with Gasteiger partial charge in [0.25, 0.3) is 5.91 Å². The largest absolute Gasteiger partial charge is 0.490 e. The zero-order valence-electron chi connectivity index (χ0n) is 26.4. The van der Waals surface area contributed by atoms with Crippen LogP contribution >= 0.6 is 0 Å². The summed E-state index contributed by atoms with van der Waals surface area (Å²) in [5.41, 5.74) is 2.63. The lowest BCUT2D eigenvalue weighted by Crippen LogP contribution is -2.56. The fourth-order valence-electron chi connectivity index (χ4n) is 6.96. The monoisotopic (exact) mass is 634 g/mol. The fourth-order valence-corrected chi connectivity index (χ4v) is 6.96. The number of carboxylic acid groups (broad SMARTS) is 1. The molecule has 0 radical (unpaired) electrons. The molecule has 2 amide bonds. The third-order valence-electron chi connectivity index (χ3n) is 9.45. The maximum absolute atomic E-state index is 13.3. The number of benzene rings is 1. The molecule has 0 aliphatic carbocycles. The molecule has 1 spiro atoms. The molecule has 248 valence electrons. The van der Waals surface area contributed by atoms with Crippen LogP contribution in [0.15, 0.2) is 42.7 Å². The number of nitrogens with zero attached hydrogens (tertiary/aromatic N) is 4. The van der Waals surface area contributed by atoms with Crippen molar-refractivity contribution in [1.29, 1.82) is 0 Å². The molecule has 12 heteroatoms. The molecular formula is C33H45F3N4O5. The molecule has 5 rings (SSSR count). The first-order valence-electron chi connectivity index (χ1n) is 15.9. The van der Waals surface area contributed by atoms with E-state index in [9.17, 15) is 22.8 Å². The van der Waals surface area contributed by atoms with Gasteiger partial charge in [-0.15, -0.1) is 0 Å². The Balaban J connectivity index is 0.000000591. The highest BCUT2D eigenvalue weighted by Crippen LogP contribution is 2.41. The van der Waals surface area contributed by atoms with Crippen molar-refractivity contribution < 1.29 is 37.4 Å². The van der Waals surface area contributed by atoms with Crippen LogP contribution in [-0.4, -0.2) is 98.9 Å². The average Bonchev–Trinajstić information content (AvgIpc) is 3.61. The molecular weight excluding hydrogens is 589 g/mol. The van der Waals surface area contributed by atoms with E-state index in [2.05, 4.69) is 28.8 Å². The maximum Gasteiger partial charge on any atom is 0.490 e. The van der Waals surface area contributed by atoms with E-state index in [-0.39, 0.29) is 23.6 Å². The summed E-state index contributed by atoms with van der Waals surface area (Å²) in [5, 5.41) is 7.12. The second kappa shape index (κ2) is 14.7. The molecule has 45 heavy (non-hydrogen) atoms. The van der Waals surface area contributed by atoms with E-state index in [0.29, 0.717) is 12.6 Å². The molecule has 1 aromatic carbocycles. The Labute approximate surface area is 262 Å². The third kappa shape index (κ3) is 8.19. The van der Waals surface area contributed by atoms with Crippen LogP contribution in [0.3, 0.4) is 0 Å². The van der Waals surface area contributed by atoms with E-state index in [1.54, 1.807) is 0 Å². The minimum atomic E-state index is -5.08. The second-order valence-electron chi connectivity index (χ2n) is 12.3. The van der Waals surface area contributed by atoms with Gasteiger partial charge in [-0.1, -0.05) is 38.0 Å². The first kappa shape index (κ1) is 34.3. The quantitative estimate of drug-likeness (QED) is 0.389. The zero-order chi connectivity index (χ0) is 32.8. The van der Waals surface area contributed by atoms with E-state index in [0.717, 1.165) is 94.4 Å². The van der Waals surface area contributed by atoms with Crippen molar-refractivity contribution in [1.82, 2.24) is 19.3 Å². The van der Waals surface area contributed by atoms with E-state index >= 15 is 0 Å². The Morgan fingerprint density at radius 1 is 0.978 bits per heavy atom. The predicted molar refractivity (Wildman–Crippen MR) is 163 cm³/mol. The molecule has 3 aliphatic heterocycles. The van der Waals surface area contributed by atoms with Crippen molar-refractivity contribution in [2.45, 2.75) is 96.1 Å². The second-order valence-corrected chi connectivity index (χ2v) is 12.3. The number of ether oxygens (including phenoxy) is 1. The maximum atomic E-state index is 13.3. The molecule has 9 nitrogen and oxygen atoms in total. The number of hydrogen-bond donors (Lipinski definition) is 1. The number of carboxylic acids is 1.